The number of hydrogen-bond acceptors (Lipinski definition) is 10. The number of halogens is 1. The van der Waals surface area contributed by atoms with Crippen LogP contribution in [-0.2, 0) is 35.6 Å². The van der Waals surface area contributed by atoms with E-state index in [1.165, 1.54) is 12.1 Å². The minimum atomic E-state index is -4.11. The number of alkyl carbamates (subject to hydrolysis) is 1. The number of nitrogens with zero attached hydrogens (tertiary/aromatic N) is 2. The Balaban J connectivity index is 1.42. The number of ether oxygens (including phenoxy) is 2. The van der Waals surface area contributed by atoms with Crippen molar-refractivity contribution < 1.29 is 37.1 Å². The fraction of sp³-hybridized carbons (Fsp3) is 0.541. The number of amides is 3. The van der Waals surface area contributed by atoms with Crippen molar-refractivity contribution in [3.8, 4) is 5.75 Å². The lowest BCUT2D eigenvalue weighted by Gasteiger charge is -2.46. The van der Waals surface area contributed by atoms with Crippen LogP contribution in [0.1, 0.15) is 68.7 Å². The van der Waals surface area contributed by atoms with E-state index in [0.29, 0.717) is 42.0 Å². The highest BCUT2D eigenvalue weighted by atomic mass is 35.5. The zero-order chi connectivity index (χ0) is 40.0. The lowest BCUT2D eigenvalue weighted by molar-refractivity contribution is -0.167. The number of aryl methyl sites for hydroxylation is 1. The standard InChI is InChI=1S/C37H52ClN7O8S/c1-23-20-30(52-7)24(2)25(3)31(23)54(50,51)43-34(39)40-17-11-14-27(29(46)22-38)41-32(47)28-15-18-44-19-16-37(33(48)45(28)44,21-26-12-9-8-10-13-26)42-35(49)53-36(4,5)6/h8-10,12-13,20,27-28H,11,14-19,21-22H2,1-7H3,(H,41,47)(H,42,49)(H3,39,40,43)/t27?,28-,37+/m0/s1. The Kier molecular flexibility index (Phi) is 13.6. The van der Waals surface area contributed by atoms with Gasteiger partial charge in [-0.05, 0) is 95.5 Å². The van der Waals surface area contributed by atoms with Gasteiger partial charge in [0.25, 0.3) is 15.9 Å². The first kappa shape index (κ1) is 42.3. The number of fused-ring (bicyclic) bond motifs is 1. The molecule has 0 bridgehead atoms. The van der Waals surface area contributed by atoms with Crippen LogP contribution in [0, 0.1) is 26.2 Å². The highest BCUT2D eigenvalue weighted by Crippen LogP contribution is 2.34. The molecular formula is C37H52ClN7O8S. The number of methoxy groups -OCH3 is 1. The summed E-state index contributed by atoms with van der Waals surface area (Å²) in [5, 5.41) is 19.8. The number of sulfonamides is 1. The molecule has 2 heterocycles. The summed E-state index contributed by atoms with van der Waals surface area (Å²) in [6, 6.07) is 8.95. The molecule has 2 fully saturated rings. The van der Waals surface area contributed by atoms with Crippen molar-refractivity contribution in [1.82, 2.24) is 30.7 Å². The van der Waals surface area contributed by atoms with Crippen LogP contribution in [-0.4, -0.2) is 104 Å². The van der Waals surface area contributed by atoms with E-state index in [9.17, 15) is 27.6 Å². The van der Waals surface area contributed by atoms with Crippen LogP contribution in [0.3, 0.4) is 0 Å². The van der Waals surface area contributed by atoms with Crippen molar-refractivity contribution in [2.45, 2.75) is 102 Å². The fourth-order valence-corrected chi connectivity index (χ4v) is 8.57. The fourth-order valence-electron chi connectivity index (χ4n) is 6.91. The monoisotopic (exact) mass is 789 g/mol. The van der Waals surface area contributed by atoms with Gasteiger partial charge < -0.3 is 25.4 Å². The quantitative estimate of drug-likeness (QED) is 0.0820. The minimum absolute atomic E-state index is 0.0541. The number of carbonyl (C=O) groups excluding carboxylic acids is 4. The third-order valence-electron chi connectivity index (χ3n) is 9.58. The van der Waals surface area contributed by atoms with Crippen LogP contribution >= 0.6 is 11.6 Å². The Labute approximate surface area is 322 Å². The summed E-state index contributed by atoms with van der Waals surface area (Å²) in [5.74, 6) is -1.71. The molecule has 3 amide bonds. The summed E-state index contributed by atoms with van der Waals surface area (Å²) in [4.78, 5) is 54.3. The van der Waals surface area contributed by atoms with E-state index in [1.54, 1.807) is 52.6 Å². The van der Waals surface area contributed by atoms with Crippen LogP contribution in [0.25, 0.3) is 0 Å². The van der Waals surface area contributed by atoms with Gasteiger partial charge in [0.2, 0.25) is 11.9 Å². The third-order valence-corrected chi connectivity index (χ3v) is 11.5. The molecule has 2 aliphatic rings. The first-order valence-corrected chi connectivity index (χ1v) is 19.9. The Bertz CT molecular complexity index is 1850. The van der Waals surface area contributed by atoms with Crippen molar-refractivity contribution in [2.24, 2.45) is 0 Å². The van der Waals surface area contributed by atoms with Gasteiger partial charge in [-0.2, -0.15) is 0 Å². The summed E-state index contributed by atoms with van der Waals surface area (Å²) in [5.41, 5.74) is 0.253. The second-order valence-electron chi connectivity index (χ2n) is 14.7. The summed E-state index contributed by atoms with van der Waals surface area (Å²) in [6.07, 6.45) is 0.409. The maximum atomic E-state index is 14.4. The summed E-state index contributed by atoms with van der Waals surface area (Å²) >= 11 is 5.92. The minimum Gasteiger partial charge on any atom is -0.496 e. The molecule has 3 atom stereocenters. The topological polar surface area (TPSA) is 199 Å². The van der Waals surface area contributed by atoms with Gasteiger partial charge in [0, 0.05) is 26.1 Å². The average Bonchev–Trinajstić information content (AvgIpc) is 3.53. The maximum absolute atomic E-state index is 14.4. The largest absolute Gasteiger partial charge is 0.496 e. The Morgan fingerprint density at radius 3 is 2.41 bits per heavy atom. The Morgan fingerprint density at radius 2 is 1.78 bits per heavy atom. The van der Waals surface area contributed by atoms with E-state index in [4.69, 9.17) is 26.5 Å². The smallest absolute Gasteiger partial charge is 0.408 e. The van der Waals surface area contributed by atoms with Gasteiger partial charge in [-0.15, -0.1) is 11.6 Å². The molecule has 54 heavy (non-hydrogen) atoms. The summed E-state index contributed by atoms with van der Waals surface area (Å²) in [6.45, 7) is 11.2. The Hall–Kier alpha value is -4.41. The number of hydrogen-bond donors (Lipinski definition) is 5. The van der Waals surface area contributed by atoms with E-state index in [-0.39, 0.29) is 43.0 Å². The Morgan fingerprint density at radius 1 is 1.09 bits per heavy atom. The van der Waals surface area contributed by atoms with E-state index in [1.807, 2.05) is 30.3 Å². The van der Waals surface area contributed by atoms with E-state index < -0.39 is 62.9 Å². The second-order valence-corrected chi connectivity index (χ2v) is 16.6. The predicted molar refractivity (Wildman–Crippen MR) is 204 cm³/mol. The average molecular weight is 790 g/mol. The molecule has 4 rings (SSSR count). The number of alkyl halides is 1. The number of carbonyl (C=O) groups is 4. The van der Waals surface area contributed by atoms with Crippen LogP contribution in [0.5, 0.6) is 5.75 Å². The molecule has 0 radical (unpaired) electrons. The van der Waals surface area contributed by atoms with E-state index in [0.717, 1.165) is 5.56 Å². The molecule has 17 heteroatoms. The highest BCUT2D eigenvalue weighted by Gasteiger charge is 2.54. The van der Waals surface area contributed by atoms with Gasteiger partial charge in [0.1, 0.15) is 22.9 Å². The molecule has 2 aromatic carbocycles. The molecule has 0 aliphatic carbocycles. The molecule has 0 spiro atoms. The van der Waals surface area contributed by atoms with Crippen LogP contribution in [0.15, 0.2) is 41.3 Å². The van der Waals surface area contributed by atoms with Crippen LogP contribution in [0.2, 0.25) is 0 Å². The van der Waals surface area contributed by atoms with Gasteiger partial charge in [0.05, 0.1) is 23.9 Å². The van der Waals surface area contributed by atoms with Crippen molar-refractivity contribution in [1.29, 1.82) is 5.41 Å². The SMILES string of the molecule is COc1cc(C)c(S(=O)(=O)NC(=N)NCCCC(NC(=O)[C@@H]2CCN3CC[C@](Cc4ccccc4)(NC(=O)OC(C)(C)C)C(=O)N23)C(=O)CCl)c(C)c1C. The van der Waals surface area contributed by atoms with Crippen LogP contribution < -0.4 is 25.4 Å². The van der Waals surface area contributed by atoms with E-state index >= 15 is 0 Å². The van der Waals surface area contributed by atoms with Gasteiger partial charge >= 0.3 is 6.09 Å². The van der Waals surface area contributed by atoms with Crippen LogP contribution in [0.4, 0.5) is 4.79 Å². The lowest BCUT2D eigenvalue weighted by atomic mass is 9.84. The number of rotatable bonds is 14. The molecule has 0 saturated carbocycles. The van der Waals surface area contributed by atoms with E-state index in [2.05, 4.69) is 20.7 Å². The normalized spacial score (nSPS) is 19.4. The third kappa shape index (κ3) is 10.0. The number of ketones is 1. The van der Waals surface area contributed by atoms with Gasteiger partial charge in [0.15, 0.2) is 5.78 Å². The van der Waals surface area contributed by atoms with Gasteiger partial charge in [-0.1, -0.05) is 30.3 Å². The van der Waals surface area contributed by atoms with Gasteiger partial charge in [-0.25, -0.2) is 22.9 Å². The van der Waals surface area contributed by atoms with Crippen molar-refractivity contribution in [3.05, 3.63) is 58.7 Å². The molecule has 15 nitrogen and oxygen atoms in total. The summed E-state index contributed by atoms with van der Waals surface area (Å²) in [7, 11) is -2.60. The number of hydrazine groups is 1. The molecular weight excluding hydrogens is 738 g/mol. The molecule has 2 saturated heterocycles. The number of nitrogens with one attached hydrogen (secondary N) is 5. The maximum Gasteiger partial charge on any atom is 0.408 e. The number of guanidine groups is 1. The van der Waals surface area contributed by atoms with Gasteiger partial charge in [-0.3, -0.25) is 24.8 Å². The molecule has 2 aliphatic heterocycles. The molecule has 1 unspecified atom stereocenters. The number of benzene rings is 2. The highest BCUT2D eigenvalue weighted by molar-refractivity contribution is 7.90. The molecule has 2 aromatic rings. The zero-order valence-electron chi connectivity index (χ0n) is 31.9. The van der Waals surface area contributed by atoms with Crippen molar-refractivity contribution in [3.63, 3.8) is 0 Å². The second kappa shape index (κ2) is 17.4. The molecule has 0 aromatic heterocycles. The molecule has 296 valence electrons. The first-order valence-electron chi connectivity index (χ1n) is 17.8. The zero-order valence-corrected chi connectivity index (χ0v) is 33.5. The number of Topliss-reactive ketones (excluding diaryl/α,β-unsaturated/α-hetero) is 1. The van der Waals surface area contributed by atoms with Crippen molar-refractivity contribution in [2.75, 3.05) is 32.6 Å². The summed E-state index contributed by atoms with van der Waals surface area (Å²) < 4.78 is 39.6. The predicted octanol–water partition coefficient (Wildman–Crippen LogP) is 3.22. The lowest BCUT2D eigenvalue weighted by Crippen LogP contribution is -2.70. The molecule has 5 N–H and O–H groups in total. The van der Waals surface area contributed by atoms with Crippen molar-refractivity contribution >= 4 is 51.3 Å². The first-order chi connectivity index (χ1) is 25.3.